The molecule has 1 heterocycles. The molecular formula is C23H31N3O5. The molecule has 31 heavy (non-hydrogen) atoms. The molecule has 2 amide bonds. The summed E-state index contributed by atoms with van der Waals surface area (Å²) in [5.74, 6) is -1.16. The number of nitrogens with one attached hydrogen (secondary N) is 2. The molecule has 0 aliphatic heterocycles. The number of Topliss-reactive ketones (excluding diaryl/α,β-unsaturated/α-hetero) is 1. The number of anilines is 1. The monoisotopic (exact) mass is 429 g/mol. The molecule has 0 saturated heterocycles. The van der Waals surface area contributed by atoms with Gasteiger partial charge < -0.3 is 24.7 Å². The molecule has 0 radical (unpaired) electrons. The number of carbonyl (C=O) groups excluding carboxylic acids is 3. The number of ether oxygens (including phenoxy) is 2. The molecule has 8 nitrogen and oxygen atoms in total. The van der Waals surface area contributed by atoms with E-state index in [2.05, 4.69) is 10.6 Å². The molecule has 2 aromatic rings. The zero-order valence-electron chi connectivity index (χ0n) is 18.7. The maximum absolute atomic E-state index is 12.6. The van der Waals surface area contributed by atoms with E-state index in [1.54, 1.807) is 51.3 Å². The lowest BCUT2D eigenvalue weighted by molar-refractivity contribution is -0.145. The Labute approximate surface area is 182 Å². The van der Waals surface area contributed by atoms with Crippen LogP contribution in [0.2, 0.25) is 0 Å². The van der Waals surface area contributed by atoms with Gasteiger partial charge in [0.1, 0.15) is 6.04 Å². The van der Waals surface area contributed by atoms with Crippen molar-refractivity contribution in [1.29, 1.82) is 0 Å². The number of hydrogen-bond acceptors (Lipinski definition) is 5. The number of hydrogen-bond donors (Lipinski definition) is 2. The minimum atomic E-state index is -0.884. The highest BCUT2D eigenvalue weighted by molar-refractivity contribution is 5.99. The van der Waals surface area contributed by atoms with Crippen LogP contribution in [0.15, 0.2) is 36.4 Å². The van der Waals surface area contributed by atoms with Crippen LogP contribution in [-0.4, -0.2) is 48.7 Å². The van der Waals surface area contributed by atoms with E-state index >= 15 is 0 Å². The van der Waals surface area contributed by atoms with E-state index in [0.29, 0.717) is 24.4 Å². The summed E-state index contributed by atoms with van der Waals surface area (Å²) in [6, 6.07) is 9.29. The first-order chi connectivity index (χ1) is 14.7. The van der Waals surface area contributed by atoms with Gasteiger partial charge in [0.2, 0.25) is 5.78 Å². The van der Waals surface area contributed by atoms with Crippen LogP contribution in [0.25, 0.3) is 0 Å². The SMILES string of the molecule is COCCn1c(C)cc(C(=O)COC(=O)[C@@H](NC(=O)Nc2ccccc2)C(C)C)c1C. The van der Waals surface area contributed by atoms with E-state index in [1.165, 1.54) is 0 Å². The van der Waals surface area contributed by atoms with Gasteiger partial charge in [-0.15, -0.1) is 0 Å². The van der Waals surface area contributed by atoms with Crippen LogP contribution >= 0.6 is 0 Å². The second-order valence-electron chi connectivity index (χ2n) is 7.65. The van der Waals surface area contributed by atoms with Gasteiger partial charge in [-0.2, -0.15) is 0 Å². The molecule has 1 aromatic heterocycles. The third-order valence-electron chi connectivity index (χ3n) is 4.98. The zero-order valence-corrected chi connectivity index (χ0v) is 18.7. The topological polar surface area (TPSA) is 98.7 Å². The van der Waals surface area contributed by atoms with Gasteiger partial charge in [-0.3, -0.25) is 4.79 Å². The Morgan fingerprint density at radius 3 is 2.39 bits per heavy atom. The lowest BCUT2D eigenvalue weighted by Crippen LogP contribution is -2.47. The van der Waals surface area contributed by atoms with Gasteiger partial charge in [0.25, 0.3) is 0 Å². The van der Waals surface area contributed by atoms with E-state index in [1.807, 2.05) is 24.5 Å². The Kier molecular flexibility index (Phi) is 8.81. The summed E-state index contributed by atoms with van der Waals surface area (Å²) in [5, 5.41) is 5.29. The fourth-order valence-electron chi connectivity index (χ4n) is 3.24. The highest BCUT2D eigenvalue weighted by atomic mass is 16.5. The van der Waals surface area contributed by atoms with Gasteiger partial charge in [0.15, 0.2) is 6.61 Å². The third kappa shape index (κ3) is 6.68. The molecule has 2 rings (SSSR count). The van der Waals surface area contributed by atoms with E-state index in [0.717, 1.165) is 11.4 Å². The molecule has 0 saturated carbocycles. The fraction of sp³-hybridized carbons (Fsp3) is 0.435. The molecule has 0 spiro atoms. The molecular weight excluding hydrogens is 398 g/mol. The third-order valence-corrected chi connectivity index (χ3v) is 4.98. The molecule has 0 aliphatic carbocycles. The summed E-state index contributed by atoms with van der Waals surface area (Å²) < 4.78 is 12.4. The molecule has 0 bridgehead atoms. The molecule has 168 valence electrons. The fourth-order valence-corrected chi connectivity index (χ4v) is 3.24. The average molecular weight is 430 g/mol. The summed E-state index contributed by atoms with van der Waals surface area (Å²) in [6.45, 7) is 8.13. The van der Waals surface area contributed by atoms with Crippen molar-refractivity contribution >= 4 is 23.5 Å². The maximum atomic E-state index is 12.6. The number of amides is 2. The van der Waals surface area contributed by atoms with Gasteiger partial charge in [-0.05, 0) is 38.0 Å². The molecule has 0 fully saturated rings. The summed E-state index contributed by atoms with van der Waals surface area (Å²) in [4.78, 5) is 37.5. The van der Waals surface area contributed by atoms with Crippen molar-refractivity contribution in [2.45, 2.75) is 40.3 Å². The Balaban J connectivity index is 1.97. The number of para-hydroxylation sites is 1. The average Bonchev–Trinajstić information content (AvgIpc) is 3.02. The van der Waals surface area contributed by atoms with E-state index in [9.17, 15) is 14.4 Å². The smallest absolute Gasteiger partial charge is 0.329 e. The lowest BCUT2D eigenvalue weighted by atomic mass is 10.1. The Morgan fingerprint density at radius 1 is 1.10 bits per heavy atom. The standard InChI is InChI=1S/C23H31N3O5/c1-15(2)21(25-23(29)24-18-9-7-6-8-10-18)22(28)31-14-20(27)19-13-16(3)26(17(19)4)11-12-30-5/h6-10,13,15,21H,11-12,14H2,1-5H3,(H2,24,25,29)/t21-/m0/s1. The van der Waals surface area contributed by atoms with Crippen LogP contribution in [0.4, 0.5) is 10.5 Å². The normalized spacial score (nSPS) is 11.8. The van der Waals surface area contributed by atoms with Gasteiger partial charge in [-0.1, -0.05) is 32.0 Å². The first-order valence-corrected chi connectivity index (χ1v) is 10.2. The quantitative estimate of drug-likeness (QED) is 0.446. The number of esters is 1. The predicted octanol–water partition coefficient (Wildman–Crippen LogP) is 3.32. The Hall–Kier alpha value is -3.13. The molecule has 1 atom stereocenters. The minimum absolute atomic E-state index is 0.219. The van der Waals surface area contributed by atoms with Gasteiger partial charge >= 0.3 is 12.0 Å². The second-order valence-corrected chi connectivity index (χ2v) is 7.65. The van der Waals surface area contributed by atoms with Crippen molar-refractivity contribution in [2.24, 2.45) is 5.92 Å². The minimum Gasteiger partial charge on any atom is -0.456 e. The lowest BCUT2D eigenvalue weighted by Gasteiger charge is -2.21. The van der Waals surface area contributed by atoms with Crippen molar-refractivity contribution in [2.75, 3.05) is 25.6 Å². The summed E-state index contributed by atoms with van der Waals surface area (Å²) in [7, 11) is 1.62. The predicted molar refractivity (Wildman–Crippen MR) is 118 cm³/mol. The number of aryl methyl sites for hydroxylation is 1. The van der Waals surface area contributed by atoms with E-state index < -0.39 is 24.6 Å². The summed E-state index contributed by atoms with van der Waals surface area (Å²) in [6.07, 6.45) is 0. The van der Waals surface area contributed by atoms with Crippen molar-refractivity contribution in [3.8, 4) is 0 Å². The van der Waals surface area contributed by atoms with Crippen LogP contribution in [0.3, 0.4) is 0 Å². The largest absolute Gasteiger partial charge is 0.456 e. The number of nitrogens with zero attached hydrogens (tertiary/aromatic N) is 1. The molecule has 0 unspecified atom stereocenters. The van der Waals surface area contributed by atoms with E-state index in [4.69, 9.17) is 9.47 Å². The second kappa shape index (κ2) is 11.3. The van der Waals surface area contributed by atoms with Crippen LogP contribution < -0.4 is 10.6 Å². The first-order valence-electron chi connectivity index (χ1n) is 10.2. The van der Waals surface area contributed by atoms with Crippen LogP contribution in [-0.2, 0) is 20.8 Å². The van der Waals surface area contributed by atoms with Crippen LogP contribution in [0.5, 0.6) is 0 Å². The summed E-state index contributed by atoms with van der Waals surface area (Å²) >= 11 is 0. The number of aromatic nitrogens is 1. The van der Waals surface area contributed by atoms with Gasteiger partial charge in [0, 0.05) is 36.3 Å². The van der Waals surface area contributed by atoms with Crippen molar-refractivity contribution in [3.63, 3.8) is 0 Å². The van der Waals surface area contributed by atoms with E-state index in [-0.39, 0.29) is 11.7 Å². The number of ketones is 1. The number of methoxy groups -OCH3 is 1. The molecule has 1 aromatic carbocycles. The highest BCUT2D eigenvalue weighted by Crippen LogP contribution is 2.16. The number of benzene rings is 1. The van der Waals surface area contributed by atoms with Gasteiger partial charge in [0.05, 0.1) is 6.61 Å². The molecule has 0 aliphatic rings. The van der Waals surface area contributed by atoms with Crippen molar-refractivity contribution < 1.29 is 23.9 Å². The highest BCUT2D eigenvalue weighted by Gasteiger charge is 2.27. The maximum Gasteiger partial charge on any atom is 0.329 e. The zero-order chi connectivity index (χ0) is 23.0. The first kappa shape index (κ1) is 24.1. The number of carbonyl (C=O) groups is 3. The molecule has 8 heteroatoms. The number of rotatable bonds is 10. The Bertz CT molecular complexity index is 905. The van der Waals surface area contributed by atoms with Crippen molar-refractivity contribution in [1.82, 2.24) is 9.88 Å². The van der Waals surface area contributed by atoms with Crippen LogP contribution in [0, 0.1) is 19.8 Å². The van der Waals surface area contributed by atoms with Crippen molar-refractivity contribution in [3.05, 3.63) is 53.3 Å². The van der Waals surface area contributed by atoms with Crippen LogP contribution in [0.1, 0.15) is 35.6 Å². The van der Waals surface area contributed by atoms with Gasteiger partial charge in [-0.25, -0.2) is 9.59 Å². The molecule has 2 N–H and O–H groups in total. The number of urea groups is 1. The Morgan fingerprint density at radius 2 is 1.77 bits per heavy atom. The summed E-state index contributed by atoms with van der Waals surface area (Å²) in [5.41, 5.74) is 2.85.